The van der Waals surface area contributed by atoms with Crippen molar-refractivity contribution in [1.82, 2.24) is 0 Å². The van der Waals surface area contributed by atoms with Gasteiger partial charge in [0.25, 0.3) is 0 Å². The molecule has 0 fully saturated rings. The Morgan fingerprint density at radius 2 is 2.55 bits per heavy atom. The quantitative estimate of drug-likeness (QED) is 0.558. The van der Waals surface area contributed by atoms with Crippen LogP contribution in [0.5, 0.6) is 0 Å². The zero-order valence-electron chi connectivity index (χ0n) is 6.55. The van der Waals surface area contributed by atoms with E-state index in [1.54, 1.807) is 6.26 Å². The summed E-state index contributed by atoms with van der Waals surface area (Å²) in [6.07, 6.45) is 7.37. The number of rotatable bonds is 1. The highest BCUT2D eigenvalue weighted by molar-refractivity contribution is 5.27. The first-order chi connectivity index (χ1) is 5.42. The normalized spacial score (nSPS) is 22.7. The number of hydrogen-bond donors (Lipinski definition) is 0. The predicted molar refractivity (Wildman–Crippen MR) is 44.6 cm³/mol. The summed E-state index contributed by atoms with van der Waals surface area (Å²) in [5, 5.41) is 0. The molecule has 1 atom stereocenters. The molecule has 0 aliphatic heterocycles. The van der Waals surface area contributed by atoms with Gasteiger partial charge in [0.2, 0.25) is 0 Å². The van der Waals surface area contributed by atoms with Crippen molar-refractivity contribution >= 4 is 0 Å². The van der Waals surface area contributed by atoms with Crippen molar-refractivity contribution in [3.8, 4) is 0 Å². The highest BCUT2D eigenvalue weighted by Gasteiger charge is 2.19. The van der Waals surface area contributed by atoms with E-state index in [2.05, 4.69) is 12.6 Å². The molecule has 1 nitrogen and oxygen atoms in total. The molecule has 1 heteroatoms. The SMILES string of the molecule is C=CC1CCCc2occc21. The summed E-state index contributed by atoms with van der Waals surface area (Å²) >= 11 is 0. The Balaban J connectivity index is 2.39. The van der Waals surface area contributed by atoms with E-state index in [-0.39, 0.29) is 0 Å². The van der Waals surface area contributed by atoms with Crippen LogP contribution in [-0.2, 0) is 6.42 Å². The van der Waals surface area contributed by atoms with Gasteiger partial charge in [-0.1, -0.05) is 6.08 Å². The topological polar surface area (TPSA) is 13.1 Å². The summed E-state index contributed by atoms with van der Waals surface area (Å²) in [5.41, 5.74) is 1.35. The third kappa shape index (κ3) is 1.01. The number of furan rings is 1. The minimum atomic E-state index is 0.539. The van der Waals surface area contributed by atoms with Crippen LogP contribution in [-0.4, -0.2) is 0 Å². The van der Waals surface area contributed by atoms with E-state index in [0.717, 1.165) is 6.42 Å². The lowest BCUT2D eigenvalue weighted by Gasteiger charge is -2.17. The van der Waals surface area contributed by atoms with E-state index in [1.807, 2.05) is 6.08 Å². The summed E-state index contributed by atoms with van der Waals surface area (Å²) in [7, 11) is 0. The fourth-order valence-corrected chi connectivity index (χ4v) is 1.77. The lowest BCUT2D eigenvalue weighted by Crippen LogP contribution is -2.04. The van der Waals surface area contributed by atoms with E-state index < -0.39 is 0 Å². The molecule has 0 N–H and O–H groups in total. The van der Waals surface area contributed by atoms with Crippen molar-refractivity contribution in [2.75, 3.05) is 0 Å². The predicted octanol–water partition coefficient (Wildman–Crippen LogP) is 2.89. The molecule has 58 valence electrons. The van der Waals surface area contributed by atoms with Crippen LogP contribution in [0.1, 0.15) is 30.1 Å². The van der Waals surface area contributed by atoms with E-state index in [4.69, 9.17) is 4.42 Å². The second kappa shape index (κ2) is 2.57. The molecule has 2 rings (SSSR count). The molecule has 0 bridgehead atoms. The molecular weight excluding hydrogens is 136 g/mol. The molecule has 1 heterocycles. The average Bonchev–Trinajstić information content (AvgIpc) is 2.50. The minimum Gasteiger partial charge on any atom is -0.469 e. The van der Waals surface area contributed by atoms with Crippen LogP contribution in [0.3, 0.4) is 0 Å². The van der Waals surface area contributed by atoms with Gasteiger partial charge in [-0.2, -0.15) is 0 Å². The van der Waals surface area contributed by atoms with Gasteiger partial charge in [0.15, 0.2) is 0 Å². The van der Waals surface area contributed by atoms with E-state index in [0.29, 0.717) is 5.92 Å². The van der Waals surface area contributed by atoms with Crippen molar-refractivity contribution in [3.63, 3.8) is 0 Å². The van der Waals surface area contributed by atoms with Crippen LogP contribution < -0.4 is 0 Å². The second-order valence-corrected chi connectivity index (χ2v) is 3.03. The van der Waals surface area contributed by atoms with Gasteiger partial charge in [-0.3, -0.25) is 0 Å². The molecule has 1 aromatic heterocycles. The highest BCUT2D eigenvalue weighted by Crippen LogP contribution is 2.32. The molecule has 11 heavy (non-hydrogen) atoms. The Kier molecular flexibility index (Phi) is 1.57. The summed E-state index contributed by atoms with van der Waals surface area (Å²) < 4.78 is 5.34. The summed E-state index contributed by atoms with van der Waals surface area (Å²) in [5.74, 6) is 1.71. The summed E-state index contributed by atoms with van der Waals surface area (Å²) in [4.78, 5) is 0. The van der Waals surface area contributed by atoms with Gasteiger partial charge in [-0.25, -0.2) is 0 Å². The first-order valence-corrected chi connectivity index (χ1v) is 4.10. The first kappa shape index (κ1) is 6.71. The number of aryl methyl sites for hydroxylation is 1. The van der Waals surface area contributed by atoms with Crippen molar-refractivity contribution in [2.24, 2.45) is 0 Å². The van der Waals surface area contributed by atoms with Crippen LogP contribution in [0.4, 0.5) is 0 Å². The standard InChI is InChI=1S/C10H12O/c1-2-8-4-3-5-10-9(8)6-7-11-10/h2,6-8H,1,3-5H2. The second-order valence-electron chi connectivity index (χ2n) is 3.03. The summed E-state index contributed by atoms with van der Waals surface area (Å²) in [6, 6.07) is 2.07. The fraction of sp³-hybridized carbons (Fsp3) is 0.400. The van der Waals surface area contributed by atoms with E-state index in [9.17, 15) is 0 Å². The highest BCUT2D eigenvalue weighted by atomic mass is 16.3. The maximum absolute atomic E-state index is 5.34. The first-order valence-electron chi connectivity index (χ1n) is 4.10. The number of hydrogen-bond acceptors (Lipinski definition) is 1. The molecule has 1 aliphatic rings. The Morgan fingerprint density at radius 3 is 3.36 bits per heavy atom. The molecule has 1 aromatic rings. The Morgan fingerprint density at radius 1 is 1.64 bits per heavy atom. The van der Waals surface area contributed by atoms with Gasteiger partial charge < -0.3 is 4.42 Å². The van der Waals surface area contributed by atoms with Crippen LogP contribution in [0.25, 0.3) is 0 Å². The van der Waals surface area contributed by atoms with Crippen LogP contribution in [0.15, 0.2) is 29.4 Å². The molecule has 0 amide bonds. The van der Waals surface area contributed by atoms with Crippen LogP contribution in [0, 0.1) is 0 Å². The fourth-order valence-electron chi connectivity index (χ4n) is 1.77. The average molecular weight is 148 g/mol. The van der Waals surface area contributed by atoms with Crippen molar-refractivity contribution in [3.05, 3.63) is 36.3 Å². The third-order valence-electron chi connectivity index (χ3n) is 2.38. The Bertz CT molecular complexity index is 260. The minimum absolute atomic E-state index is 0.539. The molecule has 0 saturated carbocycles. The number of allylic oxidation sites excluding steroid dienone is 1. The Hall–Kier alpha value is -0.980. The summed E-state index contributed by atoms with van der Waals surface area (Å²) in [6.45, 7) is 3.82. The van der Waals surface area contributed by atoms with Crippen LogP contribution >= 0.6 is 0 Å². The maximum atomic E-state index is 5.34. The monoisotopic (exact) mass is 148 g/mol. The third-order valence-corrected chi connectivity index (χ3v) is 2.38. The van der Waals surface area contributed by atoms with Crippen molar-refractivity contribution in [1.29, 1.82) is 0 Å². The number of fused-ring (bicyclic) bond motifs is 1. The molecule has 0 radical (unpaired) electrons. The largest absolute Gasteiger partial charge is 0.469 e. The van der Waals surface area contributed by atoms with E-state index >= 15 is 0 Å². The van der Waals surface area contributed by atoms with Gasteiger partial charge in [0.05, 0.1) is 6.26 Å². The molecule has 0 saturated heterocycles. The van der Waals surface area contributed by atoms with Crippen LogP contribution in [0.2, 0.25) is 0 Å². The van der Waals surface area contributed by atoms with Crippen molar-refractivity contribution in [2.45, 2.75) is 25.2 Å². The lowest BCUT2D eigenvalue weighted by atomic mass is 9.88. The Labute approximate surface area is 66.7 Å². The maximum Gasteiger partial charge on any atom is 0.107 e. The molecule has 1 aliphatic carbocycles. The van der Waals surface area contributed by atoms with Gasteiger partial charge in [-0.15, -0.1) is 6.58 Å². The van der Waals surface area contributed by atoms with Gasteiger partial charge in [0, 0.05) is 17.9 Å². The van der Waals surface area contributed by atoms with Gasteiger partial charge in [-0.05, 0) is 18.9 Å². The lowest BCUT2D eigenvalue weighted by molar-refractivity contribution is 0.468. The molecule has 1 unspecified atom stereocenters. The molecule has 0 spiro atoms. The van der Waals surface area contributed by atoms with Gasteiger partial charge in [0.1, 0.15) is 5.76 Å². The van der Waals surface area contributed by atoms with E-state index in [1.165, 1.54) is 24.2 Å². The van der Waals surface area contributed by atoms with Crippen molar-refractivity contribution < 1.29 is 4.42 Å². The zero-order chi connectivity index (χ0) is 7.68. The molecular formula is C10H12O. The van der Waals surface area contributed by atoms with Gasteiger partial charge >= 0.3 is 0 Å². The zero-order valence-corrected chi connectivity index (χ0v) is 6.55. The molecule has 0 aromatic carbocycles. The smallest absolute Gasteiger partial charge is 0.107 e.